The molecular weight excluding hydrogens is 312 g/mol. The lowest BCUT2D eigenvalue weighted by Crippen LogP contribution is -2.36. The SMILES string of the molecule is Cc1cc2c(NCCN3CCSCC3)nc(Cl)nc2s1. The summed E-state index contributed by atoms with van der Waals surface area (Å²) in [5, 5.41) is 4.80. The first kappa shape index (κ1) is 14.4. The number of thioether (sulfide) groups is 1. The van der Waals surface area contributed by atoms with Crippen LogP contribution in [0.4, 0.5) is 5.82 Å². The van der Waals surface area contributed by atoms with Crippen molar-refractivity contribution in [1.82, 2.24) is 14.9 Å². The van der Waals surface area contributed by atoms with Gasteiger partial charge in [-0.3, -0.25) is 4.90 Å². The molecule has 4 nitrogen and oxygen atoms in total. The van der Waals surface area contributed by atoms with Crippen molar-refractivity contribution in [2.45, 2.75) is 6.92 Å². The number of anilines is 1. The van der Waals surface area contributed by atoms with Crippen molar-refractivity contribution < 1.29 is 0 Å². The van der Waals surface area contributed by atoms with E-state index in [4.69, 9.17) is 11.6 Å². The fourth-order valence-electron chi connectivity index (χ4n) is 2.31. The van der Waals surface area contributed by atoms with E-state index >= 15 is 0 Å². The second-order valence-corrected chi connectivity index (χ2v) is 7.60. The topological polar surface area (TPSA) is 41.0 Å². The molecule has 0 spiro atoms. The molecule has 3 rings (SSSR count). The minimum absolute atomic E-state index is 0.316. The number of thiophene rings is 1. The Morgan fingerprint density at radius 3 is 2.95 bits per heavy atom. The van der Waals surface area contributed by atoms with Gasteiger partial charge in [-0.25, -0.2) is 9.97 Å². The molecule has 1 fully saturated rings. The number of aryl methyl sites for hydroxylation is 1. The Kier molecular flexibility index (Phi) is 4.65. The lowest BCUT2D eigenvalue weighted by molar-refractivity contribution is 0.314. The number of hydrogen-bond acceptors (Lipinski definition) is 6. The summed E-state index contributed by atoms with van der Waals surface area (Å²) >= 11 is 9.68. The minimum Gasteiger partial charge on any atom is -0.368 e. The van der Waals surface area contributed by atoms with Crippen LogP contribution in [0.25, 0.3) is 10.2 Å². The van der Waals surface area contributed by atoms with Crippen molar-refractivity contribution in [3.05, 3.63) is 16.2 Å². The molecule has 0 saturated carbocycles. The molecular formula is C13H17ClN4S2. The van der Waals surface area contributed by atoms with E-state index in [1.54, 1.807) is 11.3 Å². The Hall–Kier alpha value is -0.560. The predicted octanol–water partition coefficient (Wildman–Crippen LogP) is 3.11. The summed E-state index contributed by atoms with van der Waals surface area (Å²) in [7, 11) is 0. The van der Waals surface area contributed by atoms with Crippen molar-refractivity contribution >= 4 is 50.7 Å². The molecule has 7 heteroatoms. The zero-order chi connectivity index (χ0) is 13.9. The standard InChI is InChI=1S/C13H17ClN4S2/c1-9-8-10-11(16-13(14)17-12(10)20-9)15-2-3-18-4-6-19-7-5-18/h8H,2-7H2,1H3,(H,15,16,17). The van der Waals surface area contributed by atoms with Crippen LogP contribution >= 0.6 is 34.7 Å². The molecule has 2 aromatic rings. The van der Waals surface area contributed by atoms with Gasteiger partial charge in [0.1, 0.15) is 10.6 Å². The largest absolute Gasteiger partial charge is 0.368 e. The molecule has 1 N–H and O–H groups in total. The van der Waals surface area contributed by atoms with Gasteiger partial charge in [0, 0.05) is 42.6 Å². The van der Waals surface area contributed by atoms with Crippen molar-refractivity contribution in [2.24, 2.45) is 0 Å². The van der Waals surface area contributed by atoms with Crippen LogP contribution in [0.15, 0.2) is 6.07 Å². The fourth-order valence-corrected chi connectivity index (χ4v) is 4.39. The van der Waals surface area contributed by atoms with Gasteiger partial charge in [0.05, 0.1) is 5.39 Å². The van der Waals surface area contributed by atoms with Gasteiger partial charge in [-0.15, -0.1) is 11.3 Å². The van der Waals surface area contributed by atoms with Crippen molar-refractivity contribution in [2.75, 3.05) is 43.0 Å². The van der Waals surface area contributed by atoms with Crippen LogP contribution in [-0.2, 0) is 0 Å². The van der Waals surface area contributed by atoms with Gasteiger partial charge in [0.2, 0.25) is 5.28 Å². The van der Waals surface area contributed by atoms with Gasteiger partial charge in [0.25, 0.3) is 0 Å². The molecule has 20 heavy (non-hydrogen) atoms. The van der Waals surface area contributed by atoms with Crippen LogP contribution in [0, 0.1) is 6.92 Å². The number of fused-ring (bicyclic) bond motifs is 1. The van der Waals surface area contributed by atoms with Gasteiger partial charge in [-0.05, 0) is 24.6 Å². The van der Waals surface area contributed by atoms with Crippen molar-refractivity contribution in [3.8, 4) is 0 Å². The highest BCUT2D eigenvalue weighted by atomic mass is 35.5. The summed E-state index contributed by atoms with van der Waals surface area (Å²) in [6.07, 6.45) is 0. The lowest BCUT2D eigenvalue weighted by Gasteiger charge is -2.26. The minimum atomic E-state index is 0.316. The molecule has 108 valence electrons. The fraction of sp³-hybridized carbons (Fsp3) is 0.538. The Morgan fingerprint density at radius 1 is 1.35 bits per heavy atom. The molecule has 1 aliphatic heterocycles. The first-order valence-corrected chi connectivity index (χ1v) is 9.05. The zero-order valence-electron chi connectivity index (χ0n) is 11.4. The highest BCUT2D eigenvalue weighted by Crippen LogP contribution is 2.29. The Bertz CT molecular complexity index is 595. The number of rotatable bonds is 4. The first-order valence-electron chi connectivity index (χ1n) is 6.70. The third kappa shape index (κ3) is 3.36. The van der Waals surface area contributed by atoms with Gasteiger partial charge in [0.15, 0.2) is 0 Å². The quantitative estimate of drug-likeness (QED) is 0.873. The van der Waals surface area contributed by atoms with Crippen LogP contribution < -0.4 is 5.32 Å². The summed E-state index contributed by atoms with van der Waals surface area (Å²) in [5.74, 6) is 3.34. The second kappa shape index (κ2) is 6.47. The van der Waals surface area contributed by atoms with Crippen LogP contribution in [0.1, 0.15) is 4.88 Å². The van der Waals surface area contributed by atoms with Crippen LogP contribution in [-0.4, -0.2) is 52.6 Å². The van der Waals surface area contributed by atoms with Crippen molar-refractivity contribution in [1.29, 1.82) is 0 Å². The summed E-state index contributed by atoms with van der Waals surface area (Å²) in [5.41, 5.74) is 0. The maximum absolute atomic E-state index is 5.99. The van der Waals surface area contributed by atoms with E-state index in [0.717, 1.165) is 29.1 Å². The number of nitrogens with zero attached hydrogens (tertiary/aromatic N) is 3. The van der Waals surface area contributed by atoms with Gasteiger partial charge in [-0.1, -0.05) is 0 Å². The summed E-state index contributed by atoms with van der Waals surface area (Å²) < 4.78 is 0. The molecule has 3 heterocycles. The highest BCUT2D eigenvalue weighted by molar-refractivity contribution is 7.99. The number of aromatic nitrogens is 2. The van der Waals surface area contributed by atoms with E-state index in [9.17, 15) is 0 Å². The normalized spacial score (nSPS) is 16.7. The molecule has 1 saturated heterocycles. The van der Waals surface area contributed by atoms with Gasteiger partial charge in [-0.2, -0.15) is 11.8 Å². The average molecular weight is 329 g/mol. The maximum atomic E-state index is 5.99. The third-order valence-electron chi connectivity index (χ3n) is 3.31. The molecule has 0 aromatic carbocycles. The summed E-state index contributed by atoms with van der Waals surface area (Å²) in [4.78, 5) is 13.3. The molecule has 1 aliphatic rings. The second-order valence-electron chi connectivity index (χ2n) is 4.80. The zero-order valence-corrected chi connectivity index (χ0v) is 13.7. The van der Waals surface area contributed by atoms with Crippen LogP contribution in [0.2, 0.25) is 5.28 Å². The average Bonchev–Trinajstić information content (AvgIpc) is 2.80. The van der Waals surface area contributed by atoms with E-state index in [0.29, 0.717) is 5.28 Å². The molecule has 0 unspecified atom stereocenters. The van der Waals surface area contributed by atoms with Gasteiger partial charge < -0.3 is 5.32 Å². The van der Waals surface area contributed by atoms with E-state index in [2.05, 4.69) is 33.2 Å². The first-order chi connectivity index (χ1) is 9.72. The molecule has 0 radical (unpaired) electrons. The molecule has 2 aromatic heterocycles. The van der Waals surface area contributed by atoms with E-state index in [1.165, 1.54) is 29.5 Å². The van der Waals surface area contributed by atoms with E-state index in [1.807, 2.05) is 11.8 Å². The third-order valence-corrected chi connectivity index (χ3v) is 5.37. The Morgan fingerprint density at radius 2 is 2.15 bits per heavy atom. The molecule has 0 atom stereocenters. The predicted molar refractivity (Wildman–Crippen MR) is 89.4 cm³/mol. The monoisotopic (exact) mass is 328 g/mol. The smallest absolute Gasteiger partial charge is 0.225 e. The Labute approximate surface area is 131 Å². The van der Waals surface area contributed by atoms with Crippen LogP contribution in [0.3, 0.4) is 0 Å². The number of nitrogens with one attached hydrogen (secondary N) is 1. The summed E-state index contributed by atoms with van der Waals surface area (Å²) in [6, 6.07) is 2.12. The number of hydrogen-bond donors (Lipinski definition) is 1. The highest BCUT2D eigenvalue weighted by Gasteiger charge is 2.12. The Balaban J connectivity index is 1.67. The van der Waals surface area contributed by atoms with E-state index in [-0.39, 0.29) is 0 Å². The molecule has 0 aliphatic carbocycles. The molecule has 0 amide bonds. The molecule has 0 bridgehead atoms. The van der Waals surface area contributed by atoms with Crippen molar-refractivity contribution in [3.63, 3.8) is 0 Å². The van der Waals surface area contributed by atoms with Crippen LogP contribution in [0.5, 0.6) is 0 Å². The number of halogens is 1. The maximum Gasteiger partial charge on any atom is 0.225 e. The summed E-state index contributed by atoms with van der Waals surface area (Å²) in [6.45, 7) is 6.39. The van der Waals surface area contributed by atoms with Gasteiger partial charge >= 0.3 is 0 Å². The van der Waals surface area contributed by atoms with E-state index < -0.39 is 0 Å². The lowest BCUT2D eigenvalue weighted by atomic mass is 10.3.